The third-order valence-corrected chi connectivity index (χ3v) is 4.48. The van der Waals surface area contributed by atoms with Crippen LogP contribution in [-0.2, 0) is 0 Å². The van der Waals surface area contributed by atoms with Crippen molar-refractivity contribution in [1.29, 1.82) is 0 Å². The van der Waals surface area contributed by atoms with Gasteiger partial charge in [0.05, 0.1) is 26.9 Å². The molecule has 0 N–H and O–H groups in total. The number of ketones is 1. The van der Waals surface area contributed by atoms with E-state index < -0.39 is 5.97 Å². The number of allylic oxidation sites excluding steroid dienone is 1. The molecule has 158 valence electrons. The molecule has 3 aromatic rings. The standard InChI is InChI=1S/C25H22O6/c1-28-22-15-19(16-23(29-2)24(22)30-3)25(27)31-20-12-10-18(11-13-20)21(26)14-9-17-7-5-4-6-8-17/h4-16H,1-3H3/b14-9-. The highest BCUT2D eigenvalue weighted by Gasteiger charge is 2.18. The largest absolute Gasteiger partial charge is 0.493 e. The maximum atomic E-state index is 12.6. The molecule has 0 aliphatic rings. The summed E-state index contributed by atoms with van der Waals surface area (Å²) in [6.07, 6.45) is 3.26. The summed E-state index contributed by atoms with van der Waals surface area (Å²) in [6, 6.07) is 18.9. The smallest absolute Gasteiger partial charge is 0.343 e. The maximum absolute atomic E-state index is 12.6. The minimum Gasteiger partial charge on any atom is -0.493 e. The number of esters is 1. The number of methoxy groups -OCH3 is 3. The van der Waals surface area contributed by atoms with Crippen molar-refractivity contribution in [3.8, 4) is 23.0 Å². The Balaban J connectivity index is 1.71. The molecule has 3 aromatic carbocycles. The second-order valence-electron chi connectivity index (χ2n) is 6.44. The molecule has 0 atom stereocenters. The van der Waals surface area contributed by atoms with Crippen LogP contribution in [0.2, 0.25) is 0 Å². The van der Waals surface area contributed by atoms with Crippen LogP contribution >= 0.6 is 0 Å². The zero-order chi connectivity index (χ0) is 22.2. The van der Waals surface area contributed by atoms with Crippen molar-refractivity contribution in [2.45, 2.75) is 0 Å². The SMILES string of the molecule is COc1cc(C(=O)Oc2ccc(C(=O)/C=C\c3ccccc3)cc2)cc(OC)c1OC. The van der Waals surface area contributed by atoms with Crippen molar-refractivity contribution in [1.82, 2.24) is 0 Å². The molecular formula is C25H22O6. The van der Waals surface area contributed by atoms with Gasteiger partial charge in [0.15, 0.2) is 17.3 Å². The predicted molar refractivity (Wildman–Crippen MR) is 117 cm³/mol. The van der Waals surface area contributed by atoms with Gasteiger partial charge in [-0.15, -0.1) is 0 Å². The zero-order valence-electron chi connectivity index (χ0n) is 17.5. The fourth-order valence-corrected chi connectivity index (χ4v) is 2.88. The van der Waals surface area contributed by atoms with Gasteiger partial charge in [-0.3, -0.25) is 4.79 Å². The molecular weight excluding hydrogens is 396 g/mol. The van der Waals surface area contributed by atoms with Crippen LogP contribution in [0, 0.1) is 0 Å². The van der Waals surface area contributed by atoms with Gasteiger partial charge >= 0.3 is 5.97 Å². The summed E-state index contributed by atoms with van der Waals surface area (Å²) >= 11 is 0. The monoisotopic (exact) mass is 418 g/mol. The van der Waals surface area contributed by atoms with Crippen molar-refractivity contribution < 1.29 is 28.5 Å². The van der Waals surface area contributed by atoms with E-state index in [2.05, 4.69) is 0 Å². The van der Waals surface area contributed by atoms with E-state index in [0.29, 0.717) is 28.6 Å². The van der Waals surface area contributed by atoms with E-state index in [1.807, 2.05) is 30.3 Å². The summed E-state index contributed by atoms with van der Waals surface area (Å²) in [7, 11) is 4.42. The highest BCUT2D eigenvalue weighted by molar-refractivity contribution is 6.06. The van der Waals surface area contributed by atoms with Crippen LogP contribution in [0.1, 0.15) is 26.3 Å². The Morgan fingerprint density at radius 3 is 1.90 bits per heavy atom. The van der Waals surface area contributed by atoms with Gasteiger partial charge in [0.1, 0.15) is 5.75 Å². The zero-order valence-corrected chi connectivity index (χ0v) is 17.5. The third kappa shape index (κ3) is 5.30. The van der Waals surface area contributed by atoms with Gasteiger partial charge in [-0.25, -0.2) is 4.79 Å². The molecule has 3 rings (SSSR count). The molecule has 0 saturated carbocycles. The molecule has 0 fully saturated rings. The number of hydrogen-bond donors (Lipinski definition) is 0. The van der Waals surface area contributed by atoms with Crippen molar-refractivity contribution >= 4 is 17.8 Å². The van der Waals surface area contributed by atoms with Gasteiger partial charge in [0, 0.05) is 5.56 Å². The Morgan fingerprint density at radius 1 is 0.742 bits per heavy atom. The summed E-state index contributed by atoms with van der Waals surface area (Å²) in [6.45, 7) is 0. The lowest BCUT2D eigenvalue weighted by Gasteiger charge is -2.13. The Labute approximate surface area is 180 Å². The molecule has 6 heteroatoms. The van der Waals surface area contributed by atoms with E-state index in [1.165, 1.54) is 39.5 Å². The summed E-state index contributed by atoms with van der Waals surface area (Å²) < 4.78 is 21.2. The van der Waals surface area contributed by atoms with Crippen LogP contribution in [0.5, 0.6) is 23.0 Å². The van der Waals surface area contributed by atoms with E-state index >= 15 is 0 Å². The van der Waals surface area contributed by atoms with Gasteiger partial charge in [-0.2, -0.15) is 0 Å². The Morgan fingerprint density at radius 2 is 1.35 bits per heavy atom. The Hall–Kier alpha value is -4.06. The van der Waals surface area contributed by atoms with Crippen molar-refractivity contribution in [3.05, 3.63) is 89.5 Å². The average molecular weight is 418 g/mol. The highest BCUT2D eigenvalue weighted by Crippen LogP contribution is 2.38. The van der Waals surface area contributed by atoms with Gasteiger partial charge < -0.3 is 18.9 Å². The lowest BCUT2D eigenvalue weighted by molar-refractivity contribution is 0.0733. The van der Waals surface area contributed by atoms with Crippen molar-refractivity contribution in [2.75, 3.05) is 21.3 Å². The minimum absolute atomic E-state index is 0.147. The first-order valence-electron chi connectivity index (χ1n) is 9.45. The molecule has 0 unspecified atom stereocenters. The fourth-order valence-electron chi connectivity index (χ4n) is 2.88. The second-order valence-corrected chi connectivity index (χ2v) is 6.44. The quantitative estimate of drug-likeness (QED) is 0.226. The highest BCUT2D eigenvalue weighted by atomic mass is 16.5. The second kappa shape index (κ2) is 10.1. The van der Waals surface area contributed by atoms with Crippen molar-refractivity contribution in [2.24, 2.45) is 0 Å². The molecule has 0 heterocycles. The van der Waals surface area contributed by atoms with E-state index in [0.717, 1.165) is 5.56 Å². The van der Waals surface area contributed by atoms with Crippen LogP contribution in [0.4, 0.5) is 0 Å². The molecule has 0 aliphatic carbocycles. The third-order valence-electron chi connectivity index (χ3n) is 4.48. The molecule has 31 heavy (non-hydrogen) atoms. The maximum Gasteiger partial charge on any atom is 0.343 e. The van der Waals surface area contributed by atoms with Crippen LogP contribution < -0.4 is 18.9 Å². The van der Waals surface area contributed by atoms with E-state index in [1.54, 1.807) is 30.3 Å². The minimum atomic E-state index is -0.595. The van der Waals surface area contributed by atoms with Crippen LogP contribution in [0.3, 0.4) is 0 Å². The topological polar surface area (TPSA) is 71.1 Å². The number of benzene rings is 3. The summed E-state index contributed by atoms with van der Waals surface area (Å²) in [5.41, 5.74) is 1.66. The van der Waals surface area contributed by atoms with Crippen LogP contribution in [-0.4, -0.2) is 33.1 Å². The van der Waals surface area contributed by atoms with E-state index in [9.17, 15) is 9.59 Å². The molecule has 0 saturated heterocycles. The molecule has 0 spiro atoms. The average Bonchev–Trinajstić information content (AvgIpc) is 2.82. The molecule has 0 bridgehead atoms. The summed E-state index contributed by atoms with van der Waals surface area (Å²) in [5.74, 6) is 0.642. The number of ether oxygens (including phenoxy) is 4. The summed E-state index contributed by atoms with van der Waals surface area (Å²) in [5, 5.41) is 0. The van der Waals surface area contributed by atoms with Crippen molar-refractivity contribution in [3.63, 3.8) is 0 Å². The van der Waals surface area contributed by atoms with E-state index in [4.69, 9.17) is 18.9 Å². The van der Waals surface area contributed by atoms with Gasteiger partial charge in [0.2, 0.25) is 5.75 Å². The normalized spacial score (nSPS) is 10.5. The first kappa shape index (κ1) is 21.6. The first-order chi connectivity index (χ1) is 15.0. The molecule has 0 radical (unpaired) electrons. The molecule has 0 amide bonds. The first-order valence-corrected chi connectivity index (χ1v) is 9.45. The Bertz CT molecular complexity index is 1060. The lowest BCUT2D eigenvalue weighted by Crippen LogP contribution is -2.10. The van der Waals surface area contributed by atoms with Gasteiger partial charge in [-0.1, -0.05) is 36.4 Å². The van der Waals surface area contributed by atoms with Crippen LogP contribution in [0.15, 0.2) is 72.8 Å². The number of carbonyl (C=O) groups is 2. The molecule has 0 aromatic heterocycles. The van der Waals surface area contributed by atoms with Gasteiger partial charge in [-0.05, 0) is 48.0 Å². The number of rotatable bonds is 8. The fraction of sp³-hybridized carbons (Fsp3) is 0.120. The molecule has 6 nitrogen and oxygen atoms in total. The Kier molecular flexibility index (Phi) is 7.06. The molecule has 0 aliphatic heterocycles. The lowest BCUT2D eigenvalue weighted by atomic mass is 10.1. The van der Waals surface area contributed by atoms with Crippen LogP contribution in [0.25, 0.3) is 6.08 Å². The number of carbonyl (C=O) groups excluding carboxylic acids is 2. The predicted octanol–water partition coefficient (Wildman–Crippen LogP) is 4.83. The van der Waals surface area contributed by atoms with E-state index in [-0.39, 0.29) is 11.3 Å². The summed E-state index contributed by atoms with van der Waals surface area (Å²) in [4.78, 5) is 24.9. The number of hydrogen-bond acceptors (Lipinski definition) is 6. The van der Waals surface area contributed by atoms with Gasteiger partial charge in [0.25, 0.3) is 0 Å².